The predicted molar refractivity (Wildman–Crippen MR) is 97.9 cm³/mol. The van der Waals surface area contributed by atoms with Gasteiger partial charge >= 0.3 is 6.03 Å². The number of primary amides is 1. The van der Waals surface area contributed by atoms with Gasteiger partial charge in [-0.3, -0.25) is 4.79 Å². The molecule has 0 radical (unpaired) electrons. The molecule has 2 aromatic carbocycles. The van der Waals surface area contributed by atoms with Crippen LogP contribution in [0.3, 0.4) is 0 Å². The van der Waals surface area contributed by atoms with E-state index in [1.165, 1.54) is 0 Å². The molecule has 0 saturated carbocycles. The topological polar surface area (TPSA) is 93.5 Å². The number of rotatable bonds is 6. The number of benzene rings is 2. The van der Waals surface area contributed by atoms with Crippen LogP contribution >= 0.6 is 11.6 Å². The number of urea groups is 1. The molecule has 0 bridgehead atoms. The number of nitrogens with one attached hydrogen (secondary N) is 2. The molecule has 0 fully saturated rings. The molecule has 4 N–H and O–H groups in total. The van der Waals surface area contributed by atoms with Crippen LogP contribution in [0, 0.1) is 5.92 Å². The number of hydrogen-bond acceptors (Lipinski definition) is 3. The summed E-state index contributed by atoms with van der Waals surface area (Å²) in [7, 11) is 0. The number of halogens is 1. The van der Waals surface area contributed by atoms with Crippen LogP contribution in [0.4, 0.5) is 10.5 Å². The van der Waals surface area contributed by atoms with E-state index in [-0.39, 0.29) is 11.8 Å². The third-order valence-corrected chi connectivity index (χ3v) is 3.75. The molecule has 0 aliphatic rings. The van der Waals surface area contributed by atoms with Gasteiger partial charge in [0.15, 0.2) is 0 Å². The Kier molecular flexibility index (Phi) is 6.25. The Morgan fingerprint density at radius 1 is 1.08 bits per heavy atom. The maximum absolute atomic E-state index is 12.3. The molecule has 7 heteroatoms. The second kappa shape index (κ2) is 8.39. The molecule has 2 rings (SSSR count). The smallest absolute Gasteiger partial charge is 0.312 e. The molecule has 2 aromatic rings. The van der Waals surface area contributed by atoms with E-state index in [1.807, 2.05) is 26.0 Å². The highest BCUT2D eigenvalue weighted by Gasteiger charge is 2.23. The molecule has 3 amide bonds. The Morgan fingerprint density at radius 3 is 2.28 bits per heavy atom. The SMILES string of the molecule is CC(C)C(NC(N)=O)C(=O)Nc1ccc(Oc2ccccc2Cl)cc1. The normalized spacial score (nSPS) is 11.7. The van der Waals surface area contributed by atoms with Gasteiger partial charge < -0.3 is 21.1 Å². The second-order valence-corrected chi connectivity index (χ2v) is 6.18. The zero-order valence-electron chi connectivity index (χ0n) is 14.0. The summed E-state index contributed by atoms with van der Waals surface area (Å²) in [6.07, 6.45) is 0. The molecule has 0 spiro atoms. The molecule has 0 aliphatic carbocycles. The number of hydrogen-bond donors (Lipinski definition) is 3. The van der Waals surface area contributed by atoms with E-state index in [2.05, 4.69) is 10.6 Å². The Hall–Kier alpha value is -2.73. The van der Waals surface area contributed by atoms with Crippen molar-refractivity contribution in [2.75, 3.05) is 5.32 Å². The number of nitrogens with two attached hydrogens (primary N) is 1. The first-order valence-corrected chi connectivity index (χ1v) is 8.14. The lowest BCUT2D eigenvalue weighted by molar-refractivity contribution is -0.118. The highest BCUT2D eigenvalue weighted by molar-refractivity contribution is 6.32. The maximum Gasteiger partial charge on any atom is 0.312 e. The van der Waals surface area contributed by atoms with E-state index >= 15 is 0 Å². The Bertz CT molecular complexity index is 747. The second-order valence-electron chi connectivity index (χ2n) is 5.78. The predicted octanol–water partition coefficient (Wildman–Crippen LogP) is 3.76. The van der Waals surface area contributed by atoms with E-state index in [0.29, 0.717) is 22.2 Å². The van der Waals surface area contributed by atoms with Crippen molar-refractivity contribution in [2.45, 2.75) is 19.9 Å². The first-order valence-electron chi connectivity index (χ1n) is 7.76. The molecular weight excluding hydrogens is 342 g/mol. The first-order chi connectivity index (χ1) is 11.9. The van der Waals surface area contributed by atoms with Crippen molar-refractivity contribution in [1.29, 1.82) is 0 Å². The molecule has 132 valence electrons. The fourth-order valence-corrected chi connectivity index (χ4v) is 2.34. The van der Waals surface area contributed by atoms with E-state index in [0.717, 1.165) is 0 Å². The summed E-state index contributed by atoms with van der Waals surface area (Å²) in [5, 5.41) is 5.69. The standard InChI is InChI=1S/C18H20ClN3O3/c1-11(2)16(22-18(20)24)17(23)21-12-7-9-13(10-8-12)25-15-6-4-3-5-14(15)19/h3-11,16H,1-2H3,(H,21,23)(H3,20,22,24). The van der Waals surface area contributed by atoms with Crippen molar-refractivity contribution >= 4 is 29.2 Å². The zero-order valence-corrected chi connectivity index (χ0v) is 14.7. The quantitative estimate of drug-likeness (QED) is 0.731. The number of anilines is 1. The molecular formula is C18H20ClN3O3. The molecule has 1 atom stereocenters. The molecule has 0 heterocycles. The average Bonchev–Trinajstić information content (AvgIpc) is 2.56. The molecule has 6 nitrogen and oxygen atoms in total. The average molecular weight is 362 g/mol. The number of ether oxygens (including phenoxy) is 1. The maximum atomic E-state index is 12.3. The number of amides is 3. The van der Waals surface area contributed by atoms with Crippen molar-refractivity contribution in [3.05, 3.63) is 53.6 Å². The van der Waals surface area contributed by atoms with Crippen LogP contribution in [0.15, 0.2) is 48.5 Å². The third kappa shape index (κ3) is 5.39. The lowest BCUT2D eigenvalue weighted by atomic mass is 10.0. The Morgan fingerprint density at radius 2 is 1.72 bits per heavy atom. The van der Waals surface area contributed by atoms with Crippen LogP contribution in [0.5, 0.6) is 11.5 Å². The Labute approximate surface area is 151 Å². The summed E-state index contributed by atoms with van der Waals surface area (Å²) in [4.78, 5) is 23.3. The van der Waals surface area contributed by atoms with Crippen LogP contribution in [0.25, 0.3) is 0 Å². The van der Waals surface area contributed by atoms with Gasteiger partial charge in [-0.05, 0) is 42.3 Å². The third-order valence-electron chi connectivity index (χ3n) is 3.43. The van der Waals surface area contributed by atoms with E-state index in [9.17, 15) is 9.59 Å². The van der Waals surface area contributed by atoms with Crippen LogP contribution < -0.4 is 21.1 Å². The monoisotopic (exact) mass is 361 g/mol. The van der Waals surface area contributed by atoms with Crippen LogP contribution in [0.1, 0.15) is 13.8 Å². The van der Waals surface area contributed by atoms with E-state index in [4.69, 9.17) is 22.1 Å². The highest BCUT2D eigenvalue weighted by Crippen LogP contribution is 2.29. The summed E-state index contributed by atoms with van der Waals surface area (Å²) < 4.78 is 5.69. The van der Waals surface area contributed by atoms with Gasteiger partial charge in [0.2, 0.25) is 5.91 Å². The van der Waals surface area contributed by atoms with Gasteiger partial charge in [0.25, 0.3) is 0 Å². The van der Waals surface area contributed by atoms with Gasteiger partial charge in [-0.1, -0.05) is 37.6 Å². The van der Waals surface area contributed by atoms with Crippen molar-refractivity contribution in [3.63, 3.8) is 0 Å². The number of carbonyl (C=O) groups is 2. The van der Waals surface area contributed by atoms with Gasteiger partial charge in [-0.15, -0.1) is 0 Å². The lowest BCUT2D eigenvalue weighted by Gasteiger charge is -2.20. The highest BCUT2D eigenvalue weighted by atomic mass is 35.5. The fraction of sp³-hybridized carbons (Fsp3) is 0.222. The first kappa shape index (κ1) is 18.6. The molecule has 0 aliphatic heterocycles. The van der Waals surface area contributed by atoms with Crippen LogP contribution in [-0.4, -0.2) is 18.0 Å². The van der Waals surface area contributed by atoms with Crippen LogP contribution in [0.2, 0.25) is 5.02 Å². The minimum Gasteiger partial charge on any atom is -0.456 e. The summed E-state index contributed by atoms with van der Waals surface area (Å²) in [5.74, 6) is 0.692. The van der Waals surface area contributed by atoms with Gasteiger partial charge in [0.1, 0.15) is 17.5 Å². The Balaban J connectivity index is 2.03. The summed E-state index contributed by atoms with van der Waals surface area (Å²) >= 11 is 6.05. The van der Waals surface area contributed by atoms with E-state index in [1.54, 1.807) is 36.4 Å². The molecule has 0 aromatic heterocycles. The van der Waals surface area contributed by atoms with Crippen LogP contribution in [-0.2, 0) is 4.79 Å². The van der Waals surface area contributed by atoms with E-state index < -0.39 is 12.1 Å². The van der Waals surface area contributed by atoms with Crippen molar-refractivity contribution in [2.24, 2.45) is 11.7 Å². The largest absolute Gasteiger partial charge is 0.456 e. The lowest BCUT2D eigenvalue weighted by Crippen LogP contribution is -2.49. The van der Waals surface area contributed by atoms with Crippen molar-refractivity contribution < 1.29 is 14.3 Å². The van der Waals surface area contributed by atoms with Gasteiger partial charge in [-0.2, -0.15) is 0 Å². The number of para-hydroxylation sites is 1. The minimum atomic E-state index is -0.739. The summed E-state index contributed by atoms with van der Waals surface area (Å²) in [5.41, 5.74) is 5.69. The number of carbonyl (C=O) groups excluding carboxylic acids is 2. The van der Waals surface area contributed by atoms with Gasteiger partial charge in [-0.25, -0.2) is 4.79 Å². The molecule has 25 heavy (non-hydrogen) atoms. The zero-order chi connectivity index (χ0) is 18.4. The molecule has 0 saturated heterocycles. The molecule has 1 unspecified atom stereocenters. The summed E-state index contributed by atoms with van der Waals surface area (Å²) in [6, 6.07) is 12.5. The van der Waals surface area contributed by atoms with Gasteiger partial charge in [0, 0.05) is 5.69 Å². The summed E-state index contributed by atoms with van der Waals surface area (Å²) in [6.45, 7) is 3.64. The van der Waals surface area contributed by atoms with Crippen molar-refractivity contribution in [3.8, 4) is 11.5 Å². The minimum absolute atomic E-state index is 0.102. The van der Waals surface area contributed by atoms with Gasteiger partial charge in [0.05, 0.1) is 5.02 Å². The van der Waals surface area contributed by atoms with Crippen molar-refractivity contribution in [1.82, 2.24) is 5.32 Å². The fourth-order valence-electron chi connectivity index (χ4n) is 2.17.